The van der Waals surface area contributed by atoms with Crippen LogP contribution >= 0.6 is 11.3 Å². The Morgan fingerprint density at radius 1 is 1.16 bits per heavy atom. The van der Waals surface area contributed by atoms with Crippen LogP contribution in [0.5, 0.6) is 0 Å². The van der Waals surface area contributed by atoms with E-state index in [-0.39, 0.29) is 5.78 Å². The Morgan fingerprint density at radius 2 is 1.97 bits per heavy atom. The van der Waals surface area contributed by atoms with E-state index in [9.17, 15) is 9.59 Å². The number of aryl methyl sites for hydroxylation is 1. The van der Waals surface area contributed by atoms with Gasteiger partial charge in [-0.1, -0.05) is 31.0 Å². The van der Waals surface area contributed by atoms with E-state index in [2.05, 4.69) is 30.9 Å². The summed E-state index contributed by atoms with van der Waals surface area (Å²) in [5.41, 5.74) is 3.32. The zero-order valence-electron chi connectivity index (χ0n) is 18.5. The smallest absolute Gasteiger partial charge is 0.172 e. The standard InChI is InChI=1S/C27H29NO2S/c1-5-14-28(4)15-8-7-9-25(30)26-16-19(3)27(31-26)22-12-13-23-21(17-22)11-10-20(6-2)24(23)18-29/h2,10-13,16-18H,5,7-9,14-15H2,1,3-4H3. The fraction of sp³-hybridized carbons (Fsp3) is 0.333. The second kappa shape index (κ2) is 10.5. The normalized spacial score (nSPS) is 11.1. The molecule has 0 unspecified atom stereocenters. The van der Waals surface area contributed by atoms with Gasteiger partial charge in [0.25, 0.3) is 0 Å². The van der Waals surface area contributed by atoms with Gasteiger partial charge in [-0.25, -0.2) is 0 Å². The van der Waals surface area contributed by atoms with Crippen molar-refractivity contribution in [3.05, 3.63) is 58.0 Å². The van der Waals surface area contributed by atoms with Gasteiger partial charge in [0, 0.05) is 22.4 Å². The molecule has 0 fully saturated rings. The number of carbonyl (C=O) groups is 2. The monoisotopic (exact) mass is 431 g/mol. The largest absolute Gasteiger partial charge is 0.306 e. The van der Waals surface area contributed by atoms with Gasteiger partial charge in [-0.2, -0.15) is 0 Å². The van der Waals surface area contributed by atoms with Gasteiger partial charge < -0.3 is 4.90 Å². The van der Waals surface area contributed by atoms with Crippen molar-refractivity contribution in [1.82, 2.24) is 4.90 Å². The predicted octanol–water partition coefficient (Wildman–Crippen LogP) is 6.37. The molecule has 0 spiro atoms. The quantitative estimate of drug-likeness (QED) is 0.162. The molecule has 0 aliphatic heterocycles. The molecule has 0 atom stereocenters. The Hall–Kier alpha value is -2.74. The summed E-state index contributed by atoms with van der Waals surface area (Å²) < 4.78 is 0. The van der Waals surface area contributed by atoms with E-state index in [0.29, 0.717) is 17.5 Å². The molecule has 0 bridgehead atoms. The zero-order chi connectivity index (χ0) is 22.4. The SMILES string of the molecule is C#Cc1ccc2cc(-c3sc(C(=O)CCCCN(C)CCC)cc3C)ccc2c1C=O. The van der Waals surface area contributed by atoms with E-state index in [1.165, 1.54) is 0 Å². The number of aldehydes is 1. The number of hydrogen-bond acceptors (Lipinski definition) is 4. The molecule has 0 aliphatic carbocycles. The molecule has 0 amide bonds. The van der Waals surface area contributed by atoms with Crippen LogP contribution in [0.4, 0.5) is 0 Å². The zero-order valence-corrected chi connectivity index (χ0v) is 19.3. The van der Waals surface area contributed by atoms with Crippen molar-refractivity contribution in [3.8, 4) is 22.8 Å². The van der Waals surface area contributed by atoms with Gasteiger partial charge in [-0.05, 0) is 86.4 Å². The highest BCUT2D eigenvalue weighted by Gasteiger charge is 2.15. The number of fused-ring (bicyclic) bond motifs is 1. The van der Waals surface area contributed by atoms with Crippen molar-refractivity contribution >= 4 is 34.2 Å². The van der Waals surface area contributed by atoms with Gasteiger partial charge in [0.05, 0.1) is 4.88 Å². The van der Waals surface area contributed by atoms with E-state index >= 15 is 0 Å². The first-order chi connectivity index (χ1) is 15.0. The maximum absolute atomic E-state index is 12.7. The van der Waals surface area contributed by atoms with E-state index in [1.54, 1.807) is 11.3 Å². The molecule has 0 saturated carbocycles. The number of nitrogens with zero attached hydrogens (tertiary/aromatic N) is 1. The number of ketones is 1. The molecule has 31 heavy (non-hydrogen) atoms. The number of benzene rings is 2. The summed E-state index contributed by atoms with van der Waals surface area (Å²) in [5.74, 6) is 2.80. The highest BCUT2D eigenvalue weighted by molar-refractivity contribution is 7.17. The molecule has 0 radical (unpaired) electrons. The molecular weight excluding hydrogens is 402 g/mol. The first-order valence-corrected chi connectivity index (χ1v) is 11.6. The van der Waals surface area contributed by atoms with Gasteiger partial charge in [0.1, 0.15) is 0 Å². The molecule has 4 heteroatoms. The number of rotatable bonds is 10. The topological polar surface area (TPSA) is 37.4 Å². The van der Waals surface area contributed by atoms with Crippen LogP contribution in [0.3, 0.4) is 0 Å². The van der Waals surface area contributed by atoms with Crippen LogP contribution in [0.2, 0.25) is 0 Å². The number of thiophene rings is 1. The van der Waals surface area contributed by atoms with Gasteiger partial charge in [0.2, 0.25) is 0 Å². The fourth-order valence-corrected chi connectivity index (χ4v) is 5.07. The highest BCUT2D eigenvalue weighted by Crippen LogP contribution is 2.35. The van der Waals surface area contributed by atoms with Crippen molar-refractivity contribution in [2.24, 2.45) is 0 Å². The first kappa shape index (κ1) is 22.9. The predicted molar refractivity (Wildman–Crippen MR) is 131 cm³/mol. The summed E-state index contributed by atoms with van der Waals surface area (Å²) in [6, 6.07) is 11.8. The summed E-state index contributed by atoms with van der Waals surface area (Å²) in [7, 11) is 2.13. The van der Waals surface area contributed by atoms with Crippen molar-refractivity contribution in [1.29, 1.82) is 0 Å². The fourth-order valence-electron chi connectivity index (χ4n) is 3.94. The highest BCUT2D eigenvalue weighted by atomic mass is 32.1. The lowest BCUT2D eigenvalue weighted by molar-refractivity contribution is 0.0981. The molecule has 160 valence electrons. The van der Waals surface area contributed by atoms with E-state index in [1.807, 2.05) is 37.3 Å². The average molecular weight is 432 g/mol. The van der Waals surface area contributed by atoms with Gasteiger partial charge >= 0.3 is 0 Å². The third-order valence-electron chi connectivity index (χ3n) is 5.59. The molecule has 3 rings (SSSR count). The number of hydrogen-bond donors (Lipinski definition) is 0. The third kappa shape index (κ3) is 5.31. The molecule has 0 aliphatic rings. The Morgan fingerprint density at radius 3 is 2.68 bits per heavy atom. The maximum atomic E-state index is 12.7. The maximum Gasteiger partial charge on any atom is 0.172 e. The van der Waals surface area contributed by atoms with E-state index in [0.717, 1.165) is 70.3 Å². The minimum atomic E-state index is 0.222. The third-order valence-corrected chi connectivity index (χ3v) is 6.92. The summed E-state index contributed by atoms with van der Waals surface area (Å²) in [4.78, 5) is 28.5. The van der Waals surface area contributed by atoms with Crippen molar-refractivity contribution in [2.75, 3.05) is 20.1 Å². The van der Waals surface area contributed by atoms with Crippen LogP contribution in [0.15, 0.2) is 36.4 Å². The van der Waals surface area contributed by atoms with E-state index in [4.69, 9.17) is 6.42 Å². The van der Waals surface area contributed by atoms with Crippen LogP contribution in [0.25, 0.3) is 21.2 Å². The van der Waals surface area contributed by atoms with Crippen molar-refractivity contribution in [3.63, 3.8) is 0 Å². The van der Waals surface area contributed by atoms with E-state index < -0.39 is 0 Å². The second-order valence-corrected chi connectivity index (χ2v) is 9.08. The second-order valence-electron chi connectivity index (χ2n) is 8.03. The summed E-state index contributed by atoms with van der Waals surface area (Å²) >= 11 is 1.56. The molecule has 1 heterocycles. The average Bonchev–Trinajstić information content (AvgIpc) is 3.17. The molecule has 0 N–H and O–H groups in total. The van der Waals surface area contributed by atoms with Gasteiger partial charge in [-0.15, -0.1) is 17.8 Å². The Bertz CT molecular complexity index is 1140. The molecule has 3 aromatic rings. The lowest BCUT2D eigenvalue weighted by Gasteiger charge is -2.14. The van der Waals surface area contributed by atoms with Crippen LogP contribution in [-0.4, -0.2) is 37.1 Å². The minimum Gasteiger partial charge on any atom is -0.306 e. The summed E-state index contributed by atoms with van der Waals surface area (Å²) in [6.07, 6.45) is 10.1. The Balaban J connectivity index is 1.76. The number of unbranched alkanes of at least 4 members (excludes halogenated alkanes) is 1. The lowest BCUT2D eigenvalue weighted by Crippen LogP contribution is -2.20. The Kier molecular flexibility index (Phi) is 7.79. The van der Waals surface area contributed by atoms with Gasteiger partial charge in [0.15, 0.2) is 12.1 Å². The van der Waals surface area contributed by atoms with Crippen LogP contribution in [0.1, 0.15) is 63.8 Å². The molecule has 0 saturated heterocycles. The van der Waals surface area contributed by atoms with Crippen molar-refractivity contribution in [2.45, 2.75) is 39.5 Å². The summed E-state index contributed by atoms with van der Waals surface area (Å²) in [6.45, 7) is 6.37. The van der Waals surface area contributed by atoms with Gasteiger partial charge in [-0.3, -0.25) is 9.59 Å². The molecule has 1 aromatic heterocycles. The first-order valence-electron chi connectivity index (χ1n) is 10.8. The molecule has 2 aromatic carbocycles. The number of terminal acetylenes is 1. The Labute approximate surface area is 189 Å². The van der Waals surface area contributed by atoms with Crippen molar-refractivity contribution < 1.29 is 9.59 Å². The number of Topliss-reactive ketones (excluding diaryl/α,β-unsaturated/α-hetero) is 1. The van der Waals surface area contributed by atoms with Crippen LogP contribution in [0, 0.1) is 19.3 Å². The number of carbonyl (C=O) groups excluding carboxylic acids is 2. The molecule has 3 nitrogen and oxygen atoms in total. The van der Waals surface area contributed by atoms with Crippen LogP contribution in [-0.2, 0) is 0 Å². The summed E-state index contributed by atoms with van der Waals surface area (Å²) in [5, 5.41) is 1.82. The van der Waals surface area contributed by atoms with Crippen LogP contribution < -0.4 is 0 Å². The lowest BCUT2D eigenvalue weighted by atomic mass is 9.97. The molecular formula is C27H29NO2S. The minimum absolute atomic E-state index is 0.222.